The number of phenols is 2. The van der Waals surface area contributed by atoms with Gasteiger partial charge in [-0.25, -0.2) is 0 Å². The number of fused-ring (bicyclic) bond motifs is 2. The number of hydrogen-bond acceptors (Lipinski definition) is 4. The molecule has 0 unspecified atom stereocenters. The zero-order valence-electron chi connectivity index (χ0n) is 16.7. The van der Waals surface area contributed by atoms with Gasteiger partial charge < -0.3 is 10.2 Å². The van der Waals surface area contributed by atoms with E-state index >= 15 is 0 Å². The summed E-state index contributed by atoms with van der Waals surface area (Å²) in [5.74, 6) is 0.549. The Bertz CT molecular complexity index is 1130. The van der Waals surface area contributed by atoms with Crippen LogP contribution in [0.25, 0.3) is 21.5 Å². The van der Waals surface area contributed by atoms with Crippen molar-refractivity contribution in [3.63, 3.8) is 0 Å². The maximum Gasteiger partial charge on any atom is 0.132 e. The Kier molecular flexibility index (Phi) is 6.04. The fourth-order valence-electron chi connectivity index (χ4n) is 3.48. The second kappa shape index (κ2) is 9.23. The molecule has 0 bridgehead atoms. The highest BCUT2D eigenvalue weighted by Gasteiger charge is 2.04. The molecule has 0 aliphatic carbocycles. The summed E-state index contributed by atoms with van der Waals surface area (Å²) in [5, 5.41) is 24.5. The van der Waals surface area contributed by atoms with Crippen molar-refractivity contribution in [1.82, 2.24) is 0 Å². The van der Waals surface area contributed by atoms with E-state index < -0.39 is 0 Å². The van der Waals surface area contributed by atoms with Crippen LogP contribution in [-0.2, 0) is 0 Å². The second-order valence-corrected chi connectivity index (χ2v) is 7.23. The molecule has 0 amide bonds. The smallest absolute Gasteiger partial charge is 0.132 e. The van der Waals surface area contributed by atoms with Crippen molar-refractivity contribution >= 4 is 34.0 Å². The Labute approximate surface area is 175 Å². The SMILES string of the molecule is Oc1c(C=NCCCCN=Cc2ccc3ccccc3c2O)ccc2ccccc12. The van der Waals surface area contributed by atoms with Gasteiger partial charge in [-0.3, -0.25) is 9.98 Å². The van der Waals surface area contributed by atoms with Crippen molar-refractivity contribution in [3.8, 4) is 11.5 Å². The van der Waals surface area contributed by atoms with Crippen LogP contribution in [0.1, 0.15) is 24.0 Å². The van der Waals surface area contributed by atoms with Gasteiger partial charge in [0.1, 0.15) is 11.5 Å². The fourth-order valence-corrected chi connectivity index (χ4v) is 3.48. The van der Waals surface area contributed by atoms with E-state index in [1.165, 1.54) is 0 Å². The third-order valence-electron chi connectivity index (χ3n) is 5.15. The van der Waals surface area contributed by atoms with Crippen molar-refractivity contribution < 1.29 is 10.2 Å². The number of benzene rings is 4. The van der Waals surface area contributed by atoms with Crippen molar-refractivity contribution in [2.45, 2.75) is 12.8 Å². The molecule has 0 fully saturated rings. The number of aliphatic imine (C=N–C) groups is 2. The lowest BCUT2D eigenvalue weighted by atomic mass is 10.1. The molecule has 0 heterocycles. The monoisotopic (exact) mass is 396 g/mol. The summed E-state index contributed by atoms with van der Waals surface area (Å²) in [6.07, 6.45) is 5.29. The molecule has 150 valence electrons. The zero-order valence-corrected chi connectivity index (χ0v) is 16.7. The summed E-state index contributed by atoms with van der Waals surface area (Å²) in [5.41, 5.74) is 1.47. The zero-order chi connectivity index (χ0) is 20.8. The Hall–Kier alpha value is -3.66. The van der Waals surface area contributed by atoms with E-state index in [9.17, 15) is 10.2 Å². The first kappa shape index (κ1) is 19.6. The molecule has 0 radical (unpaired) electrons. The van der Waals surface area contributed by atoms with Crippen molar-refractivity contribution in [2.75, 3.05) is 13.1 Å². The molecule has 0 spiro atoms. The van der Waals surface area contributed by atoms with Gasteiger partial charge in [0.05, 0.1) is 0 Å². The van der Waals surface area contributed by atoms with Crippen LogP contribution in [0.4, 0.5) is 0 Å². The highest BCUT2D eigenvalue weighted by Crippen LogP contribution is 2.28. The van der Waals surface area contributed by atoms with Crippen LogP contribution in [0.15, 0.2) is 82.8 Å². The van der Waals surface area contributed by atoms with Gasteiger partial charge in [-0.05, 0) is 35.7 Å². The van der Waals surface area contributed by atoms with E-state index in [4.69, 9.17) is 0 Å². The van der Waals surface area contributed by atoms with Crippen LogP contribution in [0.5, 0.6) is 11.5 Å². The van der Waals surface area contributed by atoms with E-state index in [-0.39, 0.29) is 11.5 Å². The Morgan fingerprint density at radius 3 is 1.47 bits per heavy atom. The lowest BCUT2D eigenvalue weighted by Gasteiger charge is -2.04. The number of phenolic OH excluding ortho intramolecular Hbond substituents is 2. The molecule has 0 aliphatic heterocycles. The van der Waals surface area contributed by atoms with Gasteiger partial charge >= 0.3 is 0 Å². The number of aromatic hydroxyl groups is 2. The van der Waals surface area contributed by atoms with Crippen molar-refractivity contribution in [3.05, 3.63) is 83.9 Å². The molecule has 4 aromatic rings. The molecule has 4 rings (SSSR count). The summed E-state index contributed by atoms with van der Waals surface area (Å²) in [7, 11) is 0. The molecule has 0 saturated heterocycles. The summed E-state index contributed by atoms with van der Waals surface area (Å²) in [6, 6.07) is 23.3. The van der Waals surface area contributed by atoms with E-state index in [0.717, 1.165) is 45.5 Å². The van der Waals surface area contributed by atoms with Gasteiger partial charge in [-0.2, -0.15) is 0 Å². The number of nitrogens with zero attached hydrogens (tertiary/aromatic N) is 2. The van der Waals surface area contributed by atoms with Crippen molar-refractivity contribution in [1.29, 1.82) is 0 Å². The van der Waals surface area contributed by atoms with Gasteiger partial charge in [0.25, 0.3) is 0 Å². The minimum absolute atomic E-state index is 0.275. The third kappa shape index (κ3) is 4.33. The molecular formula is C26H24N2O2. The Balaban J connectivity index is 1.27. The first-order valence-corrected chi connectivity index (χ1v) is 10.1. The average Bonchev–Trinajstić information content (AvgIpc) is 2.78. The van der Waals surface area contributed by atoms with Gasteiger partial charge in [-0.15, -0.1) is 0 Å². The van der Waals surface area contributed by atoms with Crippen molar-refractivity contribution in [2.24, 2.45) is 9.98 Å². The predicted molar refractivity (Wildman–Crippen MR) is 125 cm³/mol. The molecule has 4 nitrogen and oxygen atoms in total. The minimum atomic E-state index is 0.275. The van der Waals surface area contributed by atoms with Crippen LogP contribution in [0.2, 0.25) is 0 Å². The standard InChI is InChI=1S/C26H24N2O2/c29-25-21(13-11-19-7-1-3-9-23(19)25)17-27-15-5-6-16-28-18-22-14-12-20-8-2-4-10-24(20)26(22)30/h1-4,7-14,17-18,29-30H,5-6,15-16H2. The first-order valence-electron chi connectivity index (χ1n) is 10.1. The van der Waals surface area contributed by atoms with Crippen LogP contribution in [0, 0.1) is 0 Å². The Morgan fingerprint density at radius 2 is 1.00 bits per heavy atom. The maximum absolute atomic E-state index is 10.4. The molecule has 30 heavy (non-hydrogen) atoms. The van der Waals surface area contributed by atoms with E-state index in [0.29, 0.717) is 13.1 Å². The molecule has 0 aliphatic rings. The van der Waals surface area contributed by atoms with Gasteiger partial charge in [-0.1, -0.05) is 60.7 Å². The summed E-state index contributed by atoms with van der Waals surface area (Å²) in [4.78, 5) is 8.87. The lowest BCUT2D eigenvalue weighted by Crippen LogP contribution is -1.90. The summed E-state index contributed by atoms with van der Waals surface area (Å²) < 4.78 is 0. The third-order valence-corrected chi connectivity index (χ3v) is 5.15. The topological polar surface area (TPSA) is 65.2 Å². The highest BCUT2D eigenvalue weighted by atomic mass is 16.3. The normalized spacial score (nSPS) is 11.9. The molecule has 2 N–H and O–H groups in total. The minimum Gasteiger partial charge on any atom is -0.507 e. The highest BCUT2D eigenvalue weighted by molar-refractivity contribution is 5.97. The van der Waals surface area contributed by atoms with Crippen LogP contribution in [-0.4, -0.2) is 35.7 Å². The number of rotatable bonds is 7. The van der Waals surface area contributed by atoms with E-state index in [2.05, 4.69) is 9.98 Å². The molecular weight excluding hydrogens is 372 g/mol. The summed E-state index contributed by atoms with van der Waals surface area (Å²) in [6.45, 7) is 1.37. The van der Waals surface area contributed by atoms with Crippen LogP contribution >= 0.6 is 0 Å². The maximum atomic E-state index is 10.4. The van der Waals surface area contributed by atoms with E-state index in [1.54, 1.807) is 12.4 Å². The molecule has 4 heteroatoms. The van der Waals surface area contributed by atoms with Gasteiger partial charge in [0.2, 0.25) is 0 Å². The Morgan fingerprint density at radius 1 is 0.567 bits per heavy atom. The summed E-state index contributed by atoms with van der Waals surface area (Å²) >= 11 is 0. The number of unbranched alkanes of at least 4 members (excludes halogenated alkanes) is 1. The van der Waals surface area contributed by atoms with Crippen LogP contribution < -0.4 is 0 Å². The largest absolute Gasteiger partial charge is 0.507 e. The first-order chi connectivity index (χ1) is 14.7. The van der Waals surface area contributed by atoms with E-state index in [1.807, 2.05) is 72.8 Å². The molecule has 0 aromatic heterocycles. The fraction of sp³-hybridized carbons (Fsp3) is 0.154. The second-order valence-electron chi connectivity index (χ2n) is 7.23. The number of hydrogen-bond donors (Lipinski definition) is 2. The lowest BCUT2D eigenvalue weighted by molar-refractivity contribution is 0.480. The van der Waals surface area contributed by atoms with Gasteiger partial charge in [0, 0.05) is 47.4 Å². The average molecular weight is 396 g/mol. The van der Waals surface area contributed by atoms with Gasteiger partial charge in [0.15, 0.2) is 0 Å². The predicted octanol–water partition coefficient (Wildman–Crippen LogP) is 5.72. The quantitative estimate of drug-likeness (QED) is 0.310. The van der Waals surface area contributed by atoms with Crippen LogP contribution in [0.3, 0.4) is 0 Å². The molecule has 4 aromatic carbocycles. The molecule has 0 saturated carbocycles. The molecule has 0 atom stereocenters.